The standard InChI is InChI=1S/C15H25NO2/c1-13(2)15(12-18)16(9-6-10-17)11-14-7-4-3-5-8-14/h3-5,7-8,13,15,17-18H,6,9-12H2,1-2H3. The Kier molecular flexibility index (Phi) is 6.94. The summed E-state index contributed by atoms with van der Waals surface area (Å²) in [6, 6.07) is 10.4. The van der Waals surface area contributed by atoms with Crippen molar-refractivity contribution in [3.05, 3.63) is 35.9 Å². The zero-order valence-corrected chi connectivity index (χ0v) is 11.4. The molecule has 1 unspecified atom stereocenters. The first-order valence-electron chi connectivity index (χ1n) is 6.68. The van der Waals surface area contributed by atoms with Gasteiger partial charge in [-0.05, 0) is 17.9 Å². The van der Waals surface area contributed by atoms with E-state index in [0.717, 1.165) is 19.5 Å². The molecule has 3 nitrogen and oxygen atoms in total. The second-order valence-electron chi connectivity index (χ2n) is 5.03. The van der Waals surface area contributed by atoms with Crippen molar-refractivity contribution < 1.29 is 10.2 Å². The third-order valence-electron chi connectivity index (χ3n) is 3.26. The molecule has 0 saturated carbocycles. The average Bonchev–Trinajstić information content (AvgIpc) is 2.37. The lowest BCUT2D eigenvalue weighted by Crippen LogP contribution is -2.42. The molecule has 1 atom stereocenters. The lowest BCUT2D eigenvalue weighted by atomic mass is 10.0. The first-order chi connectivity index (χ1) is 8.69. The molecule has 0 spiro atoms. The van der Waals surface area contributed by atoms with Crippen LogP contribution in [-0.4, -0.2) is 40.9 Å². The Balaban J connectivity index is 2.71. The summed E-state index contributed by atoms with van der Waals surface area (Å²) in [6.45, 7) is 6.24. The van der Waals surface area contributed by atoms with Gasteiger partial charge < -0.3 is 10.2 Å². The van der Waals surface area contributed by atoms with E-state index in [2.05, 4.69) is 30.9 Å². The number of aliphatic hydroxyl groups excluding tert-OH is 2. The van der Waals surface area contributed by atoms with Crippen LogP contribution in [0.5, 0.6) is 0 Å². The molecule has 0 fully saturated rings. The summed E-state index contributed by atoms with van der Waals surface area (Å²) in [5.41, 5.74) is 1.24. The second kappa shape index (κ2) is 8.25. The largest absolute Gasteiger partial charge is 0.396 e. The first-order valence-corrected chi connectivity index (χ1v) is 6.68. The van der Waals surface area contributed by atoms with Crippen molar-refractivity contribution >= 4 is 0 Å². The van der Waals surface area contributed by atoms with Gasteiger partial charge in [-0.25, -0.2) is 0 Å². The zero-order chi connectivity index (χ0) is 13.4. The normalized spacial score (nSPS) is 13.2. The fourth-order valence-electron chi connectivity index (χ4n) is 2.20. The van der Waals surface area contributed by atoms with E-state index >= 15 is 0 Å². The molecule has 102 valence electrons. The molecule has 0 amide bonds. The Morgan fingerprint density at radius 1 is 1.11 bits per heavy atom. The van der Waals surface area contributed by atoms with Gasteiger partial charge in [0.1, 0.15) is 0 Å². The Morgan fingerprint density at radius 2 is 1.78 bits per heavy atom. The summed E-state index contributed by atoms with van der Waals surface area (Å²) in [7, 11) is 0. The SMILES string of the molecule is CC(C)C(CO)N(CCCO)Cc1ccccc1. The Morgan fingerprint density at radius 3 is 2.28 bits per heavy atom. The maximum atomic E-state index is 9.54. The number of aliphatic hydroxyl groups is 2. The fraction of sp³-hybridized carbons (Fsp3) is 0.600. The smallest absolute Gasteiger partial charge is 0.0589 e. The molecule has 0 aliphatic rings. The van der Waals surface area contributed by atoms with Crippen molar-refractivity contribution in [3.8, 4) is 0 Å². The van der Waals surface area contributed by atoms with Gasteiger partial charge in [-0.15, -0.1) is 0 Å². The molecule has 1 rings (SSSR count). The second-order valence-corrected chi connectivity index (χ2v) is 5.03. The Hall–Kier alpha value is -0.900. The van der Waals surface area contributed by atoms with Crippen LogP contribution >= 0.6 is 0 Å². The van der Waals surface area contributed by atoms with Crippen LogP contribution in [0.2, 0.25) is 0 Å². The number of hydrogen-bond acceptors (Lipinski definition) is 3. The molecule has 1 aromatic rings. The predicted molar refractivity (Wildman–Crippen MR) is 74.3 cm³/mol. The molecule has 0 bridgehead atoms. The molecular formula is C15H25NO2. The molecule has 0 saturated heterocycles. The van der Waals surface area contributed by atoms with Crippen LogP contribution in [0.4, 0.5) is 0 Å². The van der Waals surface area contributed by atoms with E-state index in [1.54, 1.807) is 0 Å². The van der Waals surface area contributed by atoms with Crippen LogP contribution in [0, 0.1) is 5.92 Å². The van der Waals surface area contributed by atoms with Crippen molar-refractivity contribution in [1.82, 2.24) is 4.90 Å². The minimum atomic E-state index is 0.150. The van der Waals surface area contributed by atoms with Crippen LogP contribution in [0.15, 0.2) is 30.3 Å². The van der Waals surface area contributed by atoms with Gasteiger partial charge in [-0.1, -0.05) is 44.2 Å². The van der Waals surface area contributed by atoms with Crippen LogP contribution in [0.25, 0.3) is 0 Å². The Bertz CT molecular complexity index is 314. The van der Waals surface area contributed by atoms with E-state index < -0.39 is 0 Å². The third kappa shape index (κ3) is 4.77. The van der Waals surface area contributed by atoms with Gasteiger partial charge in [-0.2, -0.15) is 0 Å². The highest BCUT2D eigenvalue weighted by Crippen LogP contribution is 2.15. The minimum absolute atomic E-state index is 0.150. The number of benzene rings is 1. The van der Waals surface area contributed by atoms with E-state index in [9.17, 15) is 5.11 Å². The molecule has 2 N–H and O–H groups in total. The molecule has 0 aliphatic carbocycles. The van der Waals surface area contributed by atoms with Gasteiger partial charge in [0.2, 0.25) is 0 Å². The fourth-order valence-corrected chi connectivity index (χ4v) is 2.20. The maximum Gasteiger partial charge on any atom is 0.0589 e. The summed E-state index contributed by atoms with van der Waals surface area (Å²) in [4.78, 5) is 2.26. The number of hydrogen-bond donors (Lipinski definition) is 2. The van der Waals surface area contributed by atoms with Crippen molar-refractivity contribution in [1.29, 1.82) is 0 Å². The molecule has 0 aliphatic heterocycles. The van der Waals surface area contributed by atoms with E-state index in [-0.39, 0.29) is 19.3 Å². The van der Waals surface area contributed by atoms with Crippen LogP contribution in [0.1, 0.15) is 25.8 Å². The van der Waals surface area contributed by atoms with E-state index in [4.69, 9.17) is 5.11 Å². The third-order valence-corrected chi connectivity index (χ3v) is 3.26. The molecule has 0 radical (unpaired) electrons. The molecule has 3 heteroatoms. The Labute approximate surface area is 110 Å². The summed E-state index contributed by atoms with van der Waals surface area (Å²) < 4.78 is 0. The zero-order valence-electron chi connectivity index (χ0n) is 11.4. The summed E-state index contributed by atoms with van der Waals surface area (Å²) in [6.07, 6.45) is 0.746. The molecular weight excluding hydrogens is 226 g/mol. The minimum Gasteiger partial charge on any atom is -0.396 e. The van der Waals surface area contributed by atoms with Gasteiger partial charge in [0.25, 0.3) is 0 Å². The van der Waals surface area contributed by atoms with Crippen LogP contribution in [0.3, 0.4) is 0 Å². The van der Waals surface area contributed by atoms with Gasteiger partial charge in [0.15, 0.2) is 0 Å². The van der Waals surface area contributed by atoms with E-state index in [1.807, 2.05) is 18.2 Å². The average molecular weight is 251 g/mol. The van der Waals surface area contributed by atoms with Crippen LogP contribution in [-0.2, 0) is 6.54 Å². The van der Waals surface area contributed by atoms with E-state index in [1.165, 1.54) is 5.56 Å². The van der Waals surface area contributed by atoms with Crippen molar-refractivity contribution in [2.45, 2.75) is 32.9 Å². The predicted octanol–water partition coefficient (Wildman–Crippen LogP) is 1.89. The first kappa shape index (κ1) is 15.2. The molecule has 1 aromatic carbocycles. The van der Waals surface area contributed by atoms with Gasteiger partial charge in [0, 0.05) is 25.7 Å². The quantitative estimate of drug-likeness (QED) is 0.741. The van der Waals surface area contributed by atoms with Crippen molar-refractivity contribution in [3.63, 3.8) is 0 Å². The van der Waals surface area contributed by atoms with Crippen LogP contribution < -0.4 is 0 Å². The van der Waals surface area contributed by atoms with Gasteiger partial charge >= 0.3 is 0 Å². The highest BCUT2D eigenvalue weighted by Gasteiger charge is 2.20. The van der Waals surface area contributed by atoms with E-state index in [0.29, 0.717) is 5.92 Å². The summed E-state index contributed by atoms with van der Waals surface area (Å²) >= 11 is 0. The lowest BCUT2D eigenvalue weighted by Gasteiger charge is -2.33. The summed E-state index contributed by atoms with van der Waals surface area (Å²) in [5.74, 6) is 0.400. The highest BCUT2D eigenvalue weighted by molar-refractivity contribution is 5.14. The van der Waals surface area contributed by atoms with Gasteiger partial charge in [0.05, 0.1) is 6.61 Å². The van der Waals surface area contributed by atoms with Crippen molar-refractivity contribution in [2.75, 3.05) is 19.8 Å². The molecule has 0 aromatic heterocycles. The van der Waals surface area contributed by atoms with Gasteiger partial charge in [-0.3, -0.25) is 4.90 Å². The van der Waals surface area contributed by atoms with Crippen molar-refractivity contribution in [2.24, 2.45) is 5.92 Å². The lowest BCUT2D eigenvalue weighted by molar-refractivity contribution is 0.0785. The maximum absolute atomic E-state index is 9.54. The number of nitrogens with zero attached hydrogens (tertiary/aromatic N) is 1. The summed E-state index contributed by atoms with van der Waals surface area (Å²) in [5, 5.41) is 18.5. The molecule has 18 heavy (non-hydrogen) atoms. The monoisotopic (exact) mass is 251 g/mol. The molecule has 0 heterocycles. The number of rotatable bonds is 8. The topological polar surface area (TPSA) is 43.7 Å². The highest BCUT2D eigenvalue weighted by atomic mass is 16.3.